The van der Waals surface area contributed by atoms with E-state index in [4.69, 9.17) is 4.74 Å². The summed E-state index contributed by atoms with van der Waals surface area (Å²) in [7, 11) is 0. The number of likely N-dealkylation sites (N-methyl/N-ethyl adjacent to an activating group) is 1. The summed E-state index contributed by atoms with van der Waals surface area (Å²) in [4.78, 5) is 1.72. The van der Waals surface area contributed by atoms with Crippen LogP contribution in [0.1, 0.15) is 25.3 Å². The lowest BCUT2D eigenvalue weighted by Gasteiger charge is -2.19. The molecular formula is C17H30N2O2+2. The number of benzene rings is 1. The molecule has 1 fully saturated rings. The van der Waals surface area contributed by atoms with Gasteiger partial charge in [-0.05, 0) is 25.5 Å². The number of rotatable bonds is 8. The van der Waals surface area contributed by atoms with Gasteiger partial charge in [-0.1, -0.05) is 18.2 Å². The monoisotopic (exact) mass is 294 g/mol. The van der Waals surface area contributed by atoms with Crippen LogP contribution in [0.3, 0.4) is 0 Å². The molecule has 4 nitrogen and oxygen atoms in total. The number of quaternary nitrogens is 2. The largest absolute Gasteiger partial charge is 0.490 e. The van der Waals surface area contributed by atoms with Gasteiger partial charge in [0, 0.05) is 12.8 Å². The van der Waals surface area contributed by atoms with Crippen LogP contribution in [0.2, 0.25) is 0 Å². The van der Waals surface area contributed by atoms with Crippen molar-refractivity contribution in [2.24, 2.45) is 0 Å². The average Bonchev–Trinajstić information content (AvgIpc) is 2.94. The number of para-hydroxylation sites is 1. The van der Waals surface area contributed by atoms with E-state index in [1.807, 2.05) is 31.2 Å². The van der Waals surface area contributed by atoms with Crippen molar-refractivity contribution in [1.82, 2.24) is 0 Å². The Morgan fingerprint density at radius 1 is 1.43 bits per heavy atom. The van der Waals surface area contributed by atoms with E-state index in [-0.39, 0.29) is 0 Å². The highest BCUT2D eigenvalue weighted by molar-refractivity contribution is 5.31. The Morgan fingerprint density at radius 3 is 3.00 bits per heavy atom. The number of ether oxygens (including phenoxy) is 1. The first kappa shape index (κ1) is 16.3. The molecule has 0 aliphatic carbocycles. The molecule has 1 unspecified atom stereocenters. The smallest absolute Gasteiger partial charge is 0.137 e. The molecule has 21 heavy (non-hydrogen) atoms. The molecule has 0 bridgehead atoms. The molecule has 0 saturated carbocycles. The van der Waals surface area contributed by atoms with Crippen molar-refractivity contribution in [3.8, 4) is 5.75 Å². The molecule has 0 spiro atoms. The highest BCUT2D eigenvalue weighted by Gasteiger charge is 2.28. The number of hydrogen-bond donors (Lipinski definition) is 3. The van der Waals surface area contributed by atoms with Crippen LogP contribution in [0.5, 0.6) is 5.75 Å². The molecule has 1 heterocycles. The fourth-order valence-electron chi connectivity index (χ4n) is 3.20. The summed E-state index contributed by atoms with van der Waals surface area (Å²) in [6, 6.07) is 8.70. The van der Waals surface area contributed by atoms with Crippen LogP contribution in [0.25, 0.3) is 0 Å². The van der Waals surface area contributed by atoms with Crippen LogP contribution in [0, 0.1) is 6.92 Å². The molecule has 3 atom stereocenters. The van der Waals surface area contributed by atoms with E-state index in [0.717, 1.165) is 30.4 Å². The lowest BCUT2D eigenvalue weighted by atomic mass is 10.2. The standard InChI is InChI=1S/C17H28N2O2/c1-3-19-10-6-8-15(19)11-18-12-16(20)13-21-17-9-5-4-7-14(17)2/h4-5,7,9,15-16,18,20H,3,6,8,10-13H2,1-2H3/p+2/t15-,16-/m0/s1. The normalized spacial score (nSPS) is 23.2. The highest BCUT2D eigenvalue weighted by atomic mass is 16.5. The molecule has 2 rings (SSSR count). The predicted octanol–water partition coefficient (Wildman–Crippen LogP) is -0.635. The molecule has 1 aliphatic rings. The van der Waals surface area contributed by atoms with Gasteiger partial charge in [0.15, 0.2) is 0 Å². The van der Waals surface area contributed by atoms with E-state index in [0.29, 0.717) is 6.61 Å². The van der Waals surface area contributed by atoms with Crippen LogP contribution < -0.4 is 15.0 Å². The van der Waals surface area contributed by atoms with Gasteiger partial charge in [-0.15, -0.1) is 0 Å². The summed E-state index contributed by atoms with van der Waals surface area (Å²) in [5, 5.41) is 12.3. The molecule has 4 N–H and O–H groups in total. The van der Waals surface area contributed by atoms with Crippen molar-refractivity contribution in [3.63, 3.8) is 0 Å². The van der Waals surface area contributed by atoms with Crippen molar-refractivity contribution in [3.05, 3.63) is 29.8 Å². The van der Waals surface area contributed by atoms with Gasteiger partial charge in [0.25, 0.3) is 0 Å². The van der Waals surface area contributed by atoms with Crippen molar-refractivity contribution in [1.29, 1.82) is 0 Å². The lowest BCUT2D eigenvalue weighted by Crippen LogP contribution is -3.16. The number of hydrogen-bond acceptors (Lipinski definition) is 2. The number of nitrogens with one attached hydrogen (secondary N) is 1. The third kappa shape index (κ3) is 4.99. The Bertz CT molecular complexity index is 425. The second-order valence-electron chi connectivity index (χ2n) is 6.09. The molecular weight excluding hydrogens is 264 g/mol. The number of nitrogens with two attached hydrogens (primary N) is 1. The number of aryl methyl sites for hydroxylation is 1. The summed E-state index contributed by atoms with van der Waals surface area (Å²) in [5.41, 5.74) is 1.11. The van der Waals surface area contributed by atoms with Crippen LogP contribution in [0.15, 0.2) is 24.3 Å². The molecule has 1 aromatic rings. The molecule has 1 aromatic carbocycles. The highest BCUT2D eigenvalue weighted by Crippen LogP contribution is 2.15. The summed E-state index contributed by atoms with van der Waals surface area (Å²) in [5.74, 6) is 0.869. The van der Waals surface area contributed by atoms with Gasteiger partial charge in [0.1, 0.15) is 37.6 Å². The van der Waals surface area contributed by atoms with Gasteiger partial charge < -0.3 is 20.1 Å². The Kier molecular flexibility index (Phi) is 6.49. The summed E-state index contributed by atoms with van der Waals surface area (Å²) in [6.45, 7) is 9.03. The second-order valence-corrected chi connectivity index (χ2v) is 6.09. The van der Waals surface area contributed by atoms with E-state index < -0.39 is 6.10 Å². The Labute approximate surface area is 128 Å². The minimum Gasteiger partial charge on any atom is -0.490 e. The first-order valence-electron chi connectivity index (χ1n) is 8.23. The van der Waals surface area contributed by atoms with Gasteiger partial charge in [-0.25, -0.2) is 0 Å². The van der Waals surface area contributed by atoms with Gasteiger partial charge in [0.05, 0.1) is 13.1 Å². The molecule has 0 radical (unpaired) electrons. The SMILES string of the molecule is CC[NH+]1CCC[C@H]1C[NH2+]C[C@H](O)COc1ccccc1C. The lowest BCUT2D eigenvalue weighted by molar-refractivity contribution is -0.924. The van der Waals surface area contributed by atoms with Gasteiger partial charge >= 0.3 is 0 Å². The molecule has 0 amide bonds. The zero-order chi connectivity index (χ0) is 15.1. The third-order valence-corrected chi connectivity index (χ3v) is 4.50. The maximum Gasteiger partial charge on any atom is 0.137 e. The number of likely N-dealkylation sites (tertiary alicyclic amines) is 1. The van der Waals surface area contributed by atoms with Gasteiger partial charge in [0.2, 0.25) is 0 Å². The van der Waals surface area contributed by atoms with Crippen LogP contribution in [-0.4, -0.2) is 50.0 Å². The van der Waals surface area contributed by atoms with Crippen molar-refractivity contribution in [2.45, 2.75) is 38.8 Å². The number of aliphatic hydroxyl groups excluding tert-OH is 1. The van der Waals surface area contributed by atoms with E-state index in [1.54, 1.807) is 4.90 Å². The topological polar surface area (TPSA) is 50.5 Å². The maximum absolute atomic E-state index is 10.0. The number of aliphatic hydroxyl groups is 1. The maximum atomic E-state index is 10.0. The van der Waals surface area contributed by atoms with E-state index in [2.05, 4.69) is 12.2 Å². The van der Waals surface area contributed by atoms with Crippen molar-refractivity contribution in [2.75, 3.05) is 32.8 Å². The fraction of sp³-hybridized carbons (Fsp3) is 0.647. The Morgan fingerprint density at radius 2 is 2.24 bits per heavy atom. The fourth-order valence-corrected chi connectivity index (χ4v) is 3.20. The molecule has 0 aromatic heterocycles. The zero-order valence-corrected chi connectivity index (χ0v) is 13.3. The van der Waals surface area contributed by atoms with Crippen molar-refractivity contribution >= 4 is 0 Å². The molecule has 4 heteroatoms. The minimum absolute atomic E-state index is 0.371. The molecule has 118 valence electrons. The Hall–Kier alpha value is -1.10. The Balaban J connectivity index is 1.64. The second kappa shape index (κ2) is 8.37. The van der Waals surface area contributed by atoms with Crippen LogP contribution in [0.4, 0.5) is 0 Å². The quantitative estimate of drug-likeness (QED) is 0.598. The molecule has 1 saturated heterocycles. The molecule has 1 aliphatic heterocycles. The predicted molar refractivity (Wildman–Crippen MR) is 83.7 cm³/mol. The van der Waals surface area contributed by atoms with Crippen molar-refractivity contribution < 1.29 is 20.1 Å². The van der Waals surface area contributed by atoms with E-state index in [9.17, 15) is 5.11 Å². The average molecular weight is 294 g/mol. The zero-order valence-electron chi connectivity index (χ0n) is 13.3. The van der Waals surface area contributed by atoms with E-state index in [1.165, 1.54) is 25.9 Å². The first-order chi connectivity index (χ1) is 10.2. The van der Waals surface area contributed by atoms with Crippen LogP contribution >= 0.6 is 0 Å². The summed E-state index contributed by atoms with van der Waals surface area (Å²) >= 11 is 0. The van der Waals surface area contributed by atoms with Gasteiger partial charge in [-0.2, -0.15) is 0 Å². The third-order valence-electron chi connectivity index (χ3n) is 4.50. The summed E-state index contributed by atoms with van der Waals surface area (Å²) < 4.78 is 5.69. The van der Waals surface area contributed by atoms with Gasteiger partial charge in [-0.3, -0.25) is 0 Å². The van der Waals surface area contributed by atoms with E-state index >= 15 is 0 Å². The summed E-state index contributed by atoms with van der Waals surface area (Å²) in [6.07, 6.45) is 2.27. The first-order valence-corrected chi connectivity index (χ1v) is 8.23. The minimum atomic E-state index is -0.406. The van der Waals surface area contributed by atoms with Crippen LogP contribution in [-0.2, 0) is 0 Å².